The molecule has 1 N–H and O–H groups in total. The summed E-state index contributed by atoms with van der Waals surface area (Å²) in [7, 11) is -1.07. The lowest BCUT2D eigenvalue weighted by atomic mass is 10.5. The minimum Gasteiger partial charge on any atom is -0.478 e. The van der Waals surface area contributed by atoms with E-state index in [0.29, 0.717) is 0 Å². The van der Waals surface area contributed by atoms with E-state index in [9.17, 15) is 4.79 Å². The van der Waals surface area contributed by atoms with Gasteiger partial charge in [-0.05, 0) is 6.04 Å². The number of rotatable bonds is 3. The van der Waals surface area contributed by atoms with Crippen LogP contribution in [0.25, 0.3) is 0 Å². The Morgan fingerprint density at radius 3 is 2.30 bits per heavy atom. The van der Waals surface area contributed by atoms with E-state index in [1.807, 2.05) is 0 Å². The molecule has 0 saturated heterocycles. The van der Waals surface area contributed by atoms with Gasteiger partial charge in [0.2, 0.25) is 0 Å². The maximum absolute atomic E-state index is 10.0. The standard InChI is InChI=1S/C7H14O2Si/c1-10(2,3)6-4-5-7(8)9/h4-5H,6H2,1-3H3,(H,8,9)/b5-4-. The van der Waals surface area contributed by atoms with Crippen LogP contribution in [0.15, 0.2) is 12.2 Å². The summed E-state index contributed by atoms with van der Waals surface area (Å²) in [5, 5.41) is 8.24. The Kier molecular flexibility index (Phi) is 3.36. The van der Waals surface area contributed by atoms with Gasteiger partial charge in [0.15, 0.2) is 0 Å². The van der Waals surface area contributed by atoms with Gasteiger partial charge in [0.05, 0.1) is 0 Å². The molecule has 0 amide bonds. The van der Waals surface area contributed by atoms with E-state index >= 15 is 0 Å². The van der Waals surface area contributed by atoms with Gasteiger partial charge in [-0.1, -0.05) is 25.7 Å². The van der Waals surface area contributed by atoms with Crippen molar-refractivity contribution in [1.82, 2.24) is 0 Å². The molecule has 0 rings (SSSR count). The maximum Gasteiger partial charge on any atom is 0.327 e. The molecule has 0 aliphatic heterocycles. The maximum atomic E-state index is 10.0. The lowest BCUT2D eigenvalue weighted by molar-refractivity contribution is -0.131. The van der Waals surface area contributed by atoms with E-state index < -0.39 is 14.0 Å². The van der Waals surface area contributed by atoms with Crippen molar-refractivity contribution >= 4 is 14.0 Å². The first-order valence-corrected chi connectivity index (χ1v) is 7.02. The molecule has 0 unspecified atom stereocenters. The zero-order valence-electron chi connectivity index (χ0n) is 6.72. The molecule has 2 nitrogen and oxygen atoms in total. The van der Waals surface area contributed by atoms with Crippen LogP contribution in [0.4, 0.5) is 0 Å². The summed E-state index contributed by atoms with van der Waals surface area (Å²) in [6.45, 7) is 6.62. The molecule has 0 saturated carbocycles. The highest BCUT2D eigenvalue weighted by molar-refractivity contribution is 6.76. The first-order valence-electron chi connectivity index (χ1n) is 3.31. The fourth-order valence-corrected chi connectivity index (χ4v) is 1.34. The number of hydrogen-bond acceptors (Lipinski definition) is 1. The minimum absolute atomic E-state index is 0.849. The van der Waals surface area contributed by atoms with Crippen molar-refractivity contribution in [2.24, 2.45) is 0 Å². The minimum atomic E-state index is -1.07. The SMILES string of the molecule is C[Si](C)(C)C/C=C\C(=O)O. The molecular weight excluding hydrogens is 144 g/mol. The third-order valence-electron chi connectivity index (χ3n) is 0.991. The number of carbonyl (C=O) groups is 1. The van der Waals surface area contributed by atoms with Crippen LogP contribution in [0.5, 0.6) is 0 Å². The predicted molar refractivity (Wildman–Crippen MR) is 44.9 cm³/mol. The number of hydrogen-bond donors (Lipinski definition) is 1. The summed E-state index contributed by atoms with van der Waals surface area (Å²) in [6, 6.07) is 0.944. The molecule has 3 heteroatoms. The summed E-state index contributed by atoms with van der Waals surface area (Å²) in [5.74, 6) is -0.849. The number of carboxylic acid groups (broad SMARTS) is 1. The van der Waals surface area contributed by atoms with E-state index in [-0.39, 0.29) is 0 Å². The molecule has 0 atom stereocenters. The molecule has 0 heterocycles. The Labute approximate surface area is 62.6 Å². The molecule has 0 fully saturated rings. The molecule has 0 aromatic rings. The Bertz CT molecular complexity index is 144. The second kappa shape index (κ2) is 3.56. The zero-order valence-corrected chi connectivity index (χ0v) is 7.72. The normalized spacial score (nSPS) is 12.3. The molecule has 0 radical (unpaired) electrons. The Hall–Kier alpha value is -0.573. The summed E-state index contributed by atoms with van der Waals surface area (Å²) in [6.07, 6.45) is 2.97. The smallest absolute Gasteiger partial charge is 0.327 e. The van der Waals surface area contributed by atoms with Gasteiger partial charge in [-0.25, -0.2) is 4.79 Å². The van der Waals surface area contributed by atoms with Crippen LogP contribution in [-0.4, -0.2) is 19.1 Å². The molecular formula is C7H14O2Si. The molecule has 10 heavy (non-hydrogen) atoms. The molecule has 0 aliphatic carbocycles. The molecule has 58 valence electrons. The number of allylic oxidation sites excluding steroid dienone is 1. The Morgan fingerprint density at radius 2 is 2.00 bits per heavy atom. The third kappa shape index (κ3) is 7.43. The van der Waals surface area contributed by atoms with Gasteiger partial charge in [0, 0.05) is 14.1 Å². The van der Waals surface area contributed by atoms with Crippen molar-refractivity contribution in [2.45, 2.75) is 25.7 Å². The quantitative estimate of drug-likeness (QED) is 0.503. The van der Waals surface area contributed by atoms with Crippen LogP contribution in [0, 0.1) is 0 Å². The lowest BCUT2D eigenvalue weighted by Gasteiger charge is -2.10. The fraction of sp³-hybridized carbons (Fsp3) is 0.571. The van der Waals surface area contributed by atoms with Crippen molar-refractivity contribution in [3.05, 3.63) is 12.2 Å². The van der Waals surface area contributed by atoms with Crippen LogP contribution in [-0.2, 0) is 4.79 Å². The van der Waals surface area contributed by atoms with Gasteiger partial charge in [-0.2, -0.15) is 0 Å². The largest absolute Gasteiger partial charge is 0.478 e. The van der Waals surface area contributed by atoms with Gasteiger partial charge in [-0.3, -0.25) is 0 Å². The summed E-state index contributed by atoms with van der Waals surface area (Å²) in [4.78, 5) is 10.0. The third-order valence-corrected chi connectivity index (χ3v) is 2.45. The lowest BCUT2D eigenvalue weighted by Crippen LogP contribution is -2.17. The molecule has 0 aliphatic rings. The van der Waals surface area contributed by atoms with E-state index in [1.165, 1.54) is 6.08 Å². The van der Waals surface area contributed by atoms with E-state index in [4.69, 9.17) is 5.11 Å². The van der Waals surface area contributed by atoms with Crippen molar-refractivity contribution in [3.8, 4) is 0 Å². The molecule has 0 spiro atoms. The second-order valence-electron chi connectivity index (χ2n) is 3.51. The van der Waals surface area contributed by atoms with Gasteiger partial charge in [0.1, 0.15) is 0 Å². The van der Waals surface area contributed by atoms with Crippen LogP contribution in [0.2, 0.25) is 25.7 Å². The van der Waals surface area contributed by atoms with E-state index in [1.54, 1.807) is 6.08 Å². The highest BCUT2D eigenvalue weighted by Gasteiger charge is 2.09. The van der Waals surface area contributed by atoms with Gasteiger partial charge >= 0.3 is 5.97 Å². The summed E-state index contributed by atoms with van der Waals surface area (Å²) >= 11 is 0. The van der Waals surface area contributed by atoms with E-state index in [0.717, 1.165) is 6.04 Å². The summed E-state index contributed by atoms with van der Waals surface area (Å²) < 4.78 is 0. The number of aliphatic carboxylic acids is 1. The Balaban J connectivity index is 3.64. The average Bonchev–Trinajstić information content (AvgIpc) is 1.59. The highest BCUT2D eigenvalue weighted by atomic mass is 28.3. The van der Waals surface area contributed by atoms with Gasteiger partial charge in [-0.15, -0.1) is 0 Å². The van der Waals surface area contributed by atoms with Crippen LogP contribution in [0.1, 0.15) is 0 Å². The van der Waals surface area contributed by atoms with Crippen molar-refractivity contribution in [3.63, 3.8) is 0 Å². The van der Waals surface area contributed by atoms with Crippen molar-refractivity contribution in [1.29, 1.82) is 0 Å². The van der Waals surface area contributed by atoms with Crippen molar-refractivity contribution < 1.29 is 9.90 Å². The molecule has 0 bridgehead atoms. The average molecular weight is 158 g/mol. The molecule has 0 aromatic heterocycles. The van der Waals surface area contributed by atoms with Crippen LogP contribution < -0.4 is 0 Å². The topological polar surface area (TPSA) is 37.3 Å². The zero-order chi connectivity index (χ0) is 8.20. The van der Waals surface area contributed by atoms with Crippen LogP contribution >= 0.6 is 0 Å². The second-order valence-corrected chi connectivity index (χ2v) is 9.03. The first-order chi connectivity index (χ1) is 4.42. The fourth-order valence-electron chi connectivity index (χ4n) is 0.513. The van der Waals surface area contributed by atoms with Crippen LogP contribution in [0.3, 0.4) is 0 Å². The first kappa shape index (κ1) is 9.43. The van der Waals surface area contributed by atoms with E-state index in [2.05, 4.69) is 19.6 Å². The monoisotopic (exact) mass is 158 g/mol. The molecule has 0 aromatic carbocycles. The van der Waals surface area contributed by atoms with Gasteiger partial charge < -0.3 is 5.11 Å². The number of carboxylic acids is 1. The predicted octanol–water partition coefficient (Wildman–Crippen LogP) is 1.97. The summed E-state index contributed by atoms with van der Waals surface area (Å²) in [5.41, 5.74) is 0. The highest BCUT2D eigenvalue weighted by Crippen LogP contribution is 2.07. The van der Waals surface area contributed by atoms with Crippen molar-refractivity contribution in [2.75, 3.05) is 0 Å². The van der Waals surface area contributed by atoms with Gasteiger partial charge in [0.25, 0.3) is 0 Å². The Morgan fingerprint density at radius 1 is 1.50 bits per heavy atom.